The number of hydrogen-bond acceptors (Lipinski definition) is 4. The average Bonchev–Trinajstić information content (AvgIpc) is 3.20. The van der Waals surface area contributed by atoms with Crippen LogP contribution in [0.1, 0.15) is 43.9 Å². The minimum Gasteiger partial charge on any atom is -0.314 e. The number of carbonyl (C=O) groups is 1. The van der Waals surface area contributed by atoms with E-state index in [1.165, 1.54) is 12.8 Å². The summed E-state index contributed by atoms with van der Waals surface area (Å²) in [6, 6.07) is 9.74. The van der Waals surface area contributed by atoms with Gasteiger partial charge in [0.2, 0.25) is 5.91 Å². The van der Waals surface area contributed by atoms with Crippen molar-refractivity contribution in [1.82, 2.24) is 20.1 Å². The largest absolute Gasteiger partial charge is 0.314 e. The number of aromatic nitrogens is 3. The highest BCUT2D eigenvalue weighted by molar-refractivity contribution is 5.99. The molecule has 126 valence electrons. The van der Waals surface area contributed by atoms with Crippen LogP contribution in [0.25, 0.3) is 0 Å². The molecule has 0 spiro atoms. The fourth-order valence-corrected chi connectivity index (χ4v) is 3.73. The Kier molecular flexibility index (Phi) is 4.06. The van der Waals surface area contributed by atoms with E-state index in [1.807, 2.05) is 35.2 Å². The van der Waals surface area contributed by atoms with E-state index in [-0.39, 0.29) is 18.0 Å². The molecule has 2 atom stereocenters. The third kappa shape index (κ3) is 2.71. The van der Waals surface area contributed by atoms with Gasteiger partial charge in [0.25, 0.3) is 0 Å². The highest BCUT2D eigenvalue weighted by Crippen LogP contribution is 2.24. The van der Waals surface area contributed by atoms with E-state index in [0.717, 1.165) is 43.3 Å². The van der Waals surface area contributed by atoms with Gasteiger partial charge in [-0.3, -0.25) is 10.1 Å². The Morgan fingerprint density at radius 3 is 2.83 bits per heavy atom. The molecule has 2 aliphatic rings. The molecule has 6 nitrogen and oxygen atoms in total. The Hall–Kier alpha value is -2.21. The molecule has 1 saturated heterocycles. The van der Waals surface area contributed by atoms with Crippen molar-refractivity contribution < 1.29 is 4.79 Å². The van der Waals surface area contributed by atoms with Crippen molar-refractivity contribution in [3.63, 3.8) is 0 Å². The second kappa shape index (κ2) is 6.36. The van der Waals surface area contributed by atoms with Gasteiger partial charge in [-0.2, -0.15) is 0 Å². The zero-order valence-corrected chi connectivity index (χ0v) is 14.0. The molecule has 1 amide bonds. The normalized spacial score (nSPS) is 21.8. The molecule has 1 fully saturated rings. The van der Waals surface area contributed by atoms with Crippen molar-refractivity contribution >= 4 is 11.6 Å². The Bertz CT molecular complexity index is 726. The van der Waals surface area contributed by atoms with Gasteiger partial charge in [-0.1, -0.05) is 18.2 Å². The summed E-state index contributed by atoms with van der Waals surface area (Å²) in [5, 5.41) is 12.1. The fraction of sp³-hybridized carbons (Fsp3) is 0.500. The Labute approximate surface area is 141 Å². The maximum absolute atomic E-state index is 12.7. The number of carbonyl (C=O) groups excluding carboxylic acids is 1. The van der Waals surface area contributed by atoms with Gasteiger partial charge in [0.1, 0.15) is 11.6 Å². The second-order valence-corrected chi connectivity index (χ2v) is 6.64. The molecule has 1 aromatic carbocycles. The molecule has 4 rings (SSSR count). The van der Waals surface area contributed by atoms with E-state index < -0.39 is 0 Å². The third-order valence-corrected chi connectivity index (χ3v) is 5.00. The molecule has 0 unspecified atom stereocenters. The first-order valence-electron chi connectivity index (χ1n) is 8.78. The number of para-hydroxylation sites is 1. The average molecular weight is 325 g/mol. The van der Waals surface area contributed by atoms with Gasteiger partial charge in [-0.15, -0.1) is 10.2 Å². The van der Waals surface area contributed by atoms with Crippen LogP contribution in [0.2, 0.25) is 0 Å². The molecule has 3 heterocycles. The number of nitrogens with one attached hydrogen (secondary N) is 1. The molecule has 0 bridgehead atoms. The number of fused-ring (bicyclic) bond motifs is 1. The Morgan fingerprint density at radius 2 is 2.00 bits per heavy atom. The van der Waals surface area contributed by atoms with E-state index in [2.05, 4.69) is 27.0 Å². The number of amides is 1. The van der Waals surface area contributed by atoms with Crippen LogP contribution in [0.5, 0.6) is 0 Å². The summed E-state index contributed by atoms with van der Waals surface area (Å²) in [7, 11) is 0. The summed E-state index contributed by atoms with van der Waals surface area (Å²) >= 11 is 0. The van der Waals surface area contributed by atoms with Gasteiger partial charge in [0.15, 0.2) is 0 Å². The van der Waals surface area contributed by atoms with E-state index in [9.17, 15) is 4.79 Å². The van der Waals surface area contributed by atoms with E-state index in [4.69, 9.17) is 0 Å². The van der Waals surface area contributed by atoms with Crippen LogP contribution in [-0.2, 0) is 17.8 Å². The Morgan fingerprint density at radius 1 is 1.17 bits per heavy atom. The summed E-state index contributed by atoms with van der Waals surface area (Å²) < 4.78 is 2.22. The lowest BCUT2D eigenvalue weighted by atomic mass is 10.1. The molecule has 1 aromatic heterocycles. The van der Waals surface area contributed by atoms with Gasteiger partial charge in [0.05, 0.1) is 12.1 Å². The van der Waals surface area contributed by atoms with Crippen molar-refractivity contribution in [2.45, 2.75) is 51.2 Å². The first-order chi connectivity index (χ1) is 11.7. The van der Waals surface area contributed by atoms with Crippen LogP contribution in [-0.4, -0.2) is 33.3 Å². The first-order valence-corrected chi connectivity index (χ1v) is 8.78. The number of aryl methyl sites for hydroxylation is 1. The molecule has 0 aliphatic carbocycles. The van der Waals surface area contributed by atoms with Crippen molar-refractivity contribution in [3.8, 4) is 0 Å². The number of rotatable bonds is 4. The van der Waals surface area contributed by atoms with Crippen molar-refractivity contribution in [1.29, 1.82) is 0 Å². The highest BCUT2D eigenvalue weighted by Gasteiger charge is 2.34. The van der Waals surface area contributed by atoms with Crippen molar-refractivity contribution in [2.75, 3.05) is 11.4 Å². The molecular formula is C18H23N5O. The Balaban J connectivity index is 1.46. The lowest BCUT2D eigenvalue weighted by Gasteiger charge is -2.22. The summed E-state index contributed by atoms with van der Waals surface area (Å²) in [6.07, 6.45) is 4.19. The van der Waals surface area contributed by atoms with Crippen LogP contribution in [0.15, 0.2) is 30.3 Å². The molecule has 1 N–H and O–H groups in total. The van der Waals surface area contributed by atoms with Crippen molar-refractivity contribution in [3.05, 3.63) is 42.0 Å². The quantitative estimate of drug-likeness (QED) is 0.935. The van der Waals surface area contributed by atoms with E-state index >= 15 is 0 Å². The van der Waals surface area contributed by atoms with Gasteiger partial charge in [-0.05, 0) is 38.3 Å². The maximum atomic E-state index is 12.7. The summed E-state index contributed by atoms with van der Waals surface area (Å²) in [6.45, 7) is 3.81. The zero-order chi connectivity index (χ0) is 16.5. The number of nitrogens with zero attached hydrogens (tertiary/aromatic N) is 4. The summed E-state index contributed by atoms with van der Waals surface area (Å²) in [5.41, 5.74) is 0.972. The third-order valence-electron chi connectivity index (χ3n) is 5.00. The lowest BCUT2D eigenvalue weighted by Crippen LogP contribution is -2.40. The van der Waals surface area contributed by atoms with Crippen LogP contribution in [0, 0.1) is 0 Å². The smallest absolute Gasteiger partial charge is 0.244 e. The fourth-order valence-electron chi connectivity index (χ4n) is 3.73. The van der Waals surface area contributed by atoms with Crippen LogP contribution in [0.4, 0.5) is 5.69 Å². The highest BCUT2D eigenvalue weighted by atomic mass is 16.2. The van der Waals surface area contributed by atoms with Crippen LogP contribution >= 0.6 is 0 Å². The minimum absolute atomic E-state index is 0.0222. The van der Waals surface area contributed by atoms with Gasteiger partial charge < -0.3 is 9.47 Å². The molecule has 0 radical (unpaired) electrons. The van der Waals surface area contributed by atoms with Gasteiger partial charge in [0, 0.05) is 25.2 Å². The standard InChI is InChI=1S/C18H23N5O/c1-13(17-21-20-16-9-5-6-11-23(16)17)19-15-10-12-22(18(15)24)14-7-3-2-4-8-14/h2-4,7-8,13,15,19H,5-6,9-12H2,1H3/t13-,15+/m0/s1. The monoisotopic (exact) mass is 325 g/mol. The topological polar surface area (TPSA) is 63.1 Å². The van der Waals surface area contributed by atoms with E-state index in [0.29, 0.717) is 0 Å². The molecule has 2 aliphatic heterocycles. The number of hydrogen-bond donors (Lipinski definition) is 1. The minimum atomic E-state index is -0.156. The second-order valence-electron chi connectivity index (χ2n) is 6.64. The van der Waals surface area contributed by atoms with Crippen LogP contribution in [0.3, 0.4) is 0 Å². The molecular weight excluding hydrogens is 302 g/mol. The molecule has 0 saturated carbocycles. The first kappa shape index (κ1) is 15.3. The van der Waals surface area contributed by atoms with E-state index in [1.54, 1.807) is 0 Å². The number of anilines is 1. The molecule has 6 heteroatoms. The zero-order valence-electron chi connectivity index (χ0n) is 14.0. The predicted molar refractivity (Wildman–Crippen MR) is 91.7 cm³/mol. The SMILES string of the molecule is C[C@H](N[C@@H]1CCN(c2ccccc2)C1=O)c1nnc2n1CCCC2. The van der Waals surface area contributed by atoms with Gasteiger partial charge >= 0.3 is 0 Å². The summed E-state index contributed by atoms with van der Waals surface area (Å²) in [4.78, 5) is 14.6. The lowest BCUT2D eigenvalue weighted by molar-refractivity contribution is -0.119. The van der Waals surface area contributed by atoms with Gasteiger partial charge in [-0.25, -0.2) is 0 Å². The van der Waals surface area contributed by atoms with Crippen LogP contribution < -0.4 is 10.2 Å². The maximum Gasteiger partial charge on any atom is 0.244 e. The predicted octanol–water partition coefficient (Wildman–Crippen LogP) is 2.07. The molecule has 2 aromatic rings. The summed E-state index contributed by atoms with van der Waals surface area (Å²) in [5.74, 6) is 2.18. The van der Waals surface area contributed by atoms with Crippen molar-refractivity contribution in [2.24, 2.45) is 0 Å². The number of benzene rings is 1. The molecule has 24 heavy (non-hydrogen) atoms.